The van der Waals surface area contributed by atoms with Gasteiger partial charge in [0, 0.05) is 18.8 Å². The normalized spacial score (nSPS) is 32.9. The van der Waals surface area contributed by atoms with Crippen LogP contribution in [0, 0.1) is 5.92 Å². The fourth-order valence-corrected chi connectivity index (χ4v) is 2.30. The SMILES string of the molecule is O=C1CCC(O)C(C2=CC=CCC2)C1. The first-order valence-electron chi connectivity index (χ1n) is 5.33. The third-order valence-corrected chi connectivity index (χ3v) is 3.15. The number of carbonyl (C=O) groups excluding carboxylic acids is 1. The Morgan fingerprint density at radius 1 is 1.36 bits per heavy atom. The molecule has 76 valence electrons. The standard InChI is InChI=1S/C12H16O2/c13-10-6-7-12(14)11(8-10)9-4-2-1-3-5-9/h1-2,4,11-12,14H,3,5-8H2. The van der Waals surface area contributed by atoms with Crippen LogP contribution in [0.15, 0.2) is 23.8 Å². The van der Waals surface area contributed by atoms with Gasteiger partial charge in [-0.25, -0.2) is 0 Å². The lowest BCUT2D eigenvalue weighted by molar-refractivity contribution is -0.123. The van der Waals surface area contributed by atoms with Gasteiger partial charge in [0.1, 0.15) is 5.78 Å². The van der Waals surface area contributed by atoms with Crippen LogP contribution in [0.25, 0.3) is 0 Å². The van der Waals surface area contributed by atoms with Gasteiger partial charge in [-0.3, -0.25) is 4.79 Å². The fourth-order valence-electron chi connectivity index (χ4n) is 2.30. The highest BCUT2D eigenvalue weighted by Crippen LogP contribution is 2.32. The van der Waals surface area contributed by atoms with E-state index in [0.29, 0.717) is 25.0 Å². The van der Waals surface area contributed by atoms with Gasteiger partial charge >= 0.3 is 0 Å². The lowest BCUT2D eigenvalue weighted by Gasteiger charge is -2.29. The van der Waals surface area contributed by atoms with Crippen molar-refractivity contribution in [3.63, 3.8) is 0 Å². The fraction of sp³-hybridized carbons (Fsp3) is 0.583. The Balaban J connectivity index is 2.10. The number of Topliss-reactive ketones (excluding diaryl/α,β-unsaturated/α-hetero) is 1. The molecule has 0 aromatic heterocycles. The molecule has 2 atom stereocenters. The Labute approximate surface area is 84.3 Å². The third-order valence-electron chi connectivity index (χ3n) is 3.15. The second-order valence-corrected chi connectivity index (χ2v) is 4.16. The van der Waals surface area contributed by atoms with Gasteiger partial charge in [0.25, 0.3) is 0 Å². The molecule has 2 aliphatic carbocycles. The number of aliphatic hydroxyl groups is 1. The van der Waals surface area contributed by atoms with Crippen molar-refractivity contribution in [1.29, 1.82) is 0 Å². The molecule has 0 saturated heterocycles. The van der Waals surface area contributed by atoms with Crippen LogP contribution >= 0.6 is 0 Å². The zero-order valence-electron chi connectivity index (χ0n) is 8.28. The quantitative estimate of drug-likeness (QED) is 0.690. The predicted octanol–water partition coefficient (Wildman–Crippen LogP) is 1.99. The Kier molecular flexibility index (Phi) is 2.82. The summed E-state index contributed by atoms with van der Waals surface area (Å²) in [6, 6.07) is 0. The van der Waals surface area contributed by atoms with Gasteiger partial charge in [0.2, 0.25) is 0 Å². The monoisotopic (exact) mass is 192 g/mol. The summed E-state index contributed by atoms with van der Waals surface area (Å²) in [6.07, 6.45) is 9.72. The van der Waals surface area contributed by atoms with Crippen LogP contribution in [0.5, 0.6) is 0 Å². The molecule has 1 N–H and O–H groups in total. The number of hydrogen-bond acceptors (Lipinski definition) is 2. The highest BCUT2D eigenvalue weighted by Gasteiger charge is 2.30. The molecule has 2 aliphatic rings. The minimum atomic E-state index is -0.301. The first-order chi connectivity index (χ1) is 6.77. The lowest BCUT2D eigenvalue weighted by Crippen LogP contribution is -2.30. The molecule has 2 heteroatoms. The van der Waals surface area contributed by atoms with Gasteiger partial charge in [0.05, 0.1) is 6.10 Å². The van der Waals surface area contributed by atoms with E-state index in [1.165, 1.54) is 5.57 Å². The molecule has 0 heterocycles. The summed E-state index contributed by atoms with van der Waals surface area (Å²) < 4.78 is 0. The molecule has 1 saturated carbocycles. The first-order valence-corrected chi connectivity index (χ1v) is 5.33. The smallest absolute Gasteiger partial charge is 0.133 e. The van der Waals surface area contributed by atoms with E-state index in [2.05, 4.69) is 12.2 Å². The number of ketones is 1. The van der Waals surface area contributed by atoms with E-state index in [1.54, 1.807) is 0 Å². The number of carbonyl (C=O) groups is 1. The molecule has 2 rings (SSSR count). The Hall–Kier alpha value is -0.890. The van der Waals surface area contributed by atoms with E-state index < -0.39 is 0 Å². The van der Waals surface area contributed by atoms with Gasteiger partial charge in [-0.1, -0.05) is 23.8 Å². The first kappa shape index (κ1) is 9.66. The average Bonchev–Trinajstić information content (AvgIpc) is 2.23. The van der Waals surface area contributed by atoms with Crippen molar-refractivity contribution in [3.05, 3.63) is 23.8 Å². The number of hydrogen-bond donors (Lipinski definition) is 1. The second-order valence-electron chi connectivity index (χ2n) is 4.16. The molecule has 2 unspecified atom stereocenters. The summed E-state index contributed by atoms with van der Waals surface area (Å²) >= 11 is 0. The van der Waals surface area contributed by atoms with Crippen LogP contribution in [0.3, 0.4) is 0 Å². The van der Waals surface area contributed by atoms with Gasteiger partial charge < -0.3 is 5.11 Å². The number of aliphatic hydroxyl groups excluding tert-OH is 1. The van der Waals surface area contributed by atoms with Crippen LogP contribution in [0.4, 0.5) is 0 Å². The minimum Gasteiger partial charge on any atom is -0.392 e. The van der Waals surface area contributed by atoms with Crippen LogP contribution in [-0.2, 0) is 4.79 Å². The van der Waals surface area contributed by atoms with E-state index in [1.807, 2.05) is 6.08 Å². The molecular formula is C12H16O2. The van der Waals surface area contributed by atoms with Crippen molar-refractivity contribution >= 4 is 5.78 Å². The zero-order valence-corrected chi connectivity index (χ0v) is 8.28. The lowest BCUT2D eigenvalue weighted by atomic mass is 9.78. The molecule has 0 aromatic rings. The largest absolute Gasteiger partial charge is 0.392 e. The maximum absolute atomic E-state index is 11.3. The van der Waals surface area contributed by atoms with Gasteiger partial charge in [0.15, 0.2) is 0 Å². The highest BCUT2D eigenvalue weighted by molar-refractivity contribution is 5.80. The summed E-state index contributed by atoms with van der Waals surface area (Å²) in [5, 5.41) is 9.82. The van der Waals surface area contributed by atoms with Crippen molar-refractivity contribution in [3.8, 4) is 0 Å². The Morgan fingerprint density at radius 2 is 2.21 bits per heavy atom. The molecule has 0 aliphatic heterocycles. The number of rotatable bonds is 1. The molecule has 2 nitrogen and oxygen atoms in total. The van der Waals surface area contributed by atoms with Crippen molar-refractivity contribution in [2.45, 2.75) is 38.2 Å². The Bertz CT molecular complexity index is 289. The Morgan fingerprint density at radius 3 is 2.93 bits per heavy atom. The summed E-state index contributed by atoms with van der Waals surface area (Å²) in [5.41, 5.74) is 1.26. The van der Waals surface area contributed by atoms with E-state index in [4.69, 9.17) is 0 Å². The topological polar surface area (TPSA) is 37.3 Å². The van der Waals surface area contributed by atoms with Crippen molar-refractivity contribution < 1.29 is 9.90 Å². The average molecular weight is 192 g/mol. The van der Waals surface area contributed by atoms with Crippen LogP contribution in [0.1, 0.15) is 32.1 Å². The predicted molar refractivity (Wildman–Crippen MR) is 54.8 cm³/mol. The van der Waals surface area contributed by atoms with Crippen molar-refractivity contribution in [1.82, 2.24) is 0 Å². The van der Waals surface area contributed by atoms with Crippen molar-refractivity contribution in [2.24, 2.45) is 5.92 Å². The molecule has 0 spiro atoms. The van der Waals surface area contributed by atoms with Crippen LogP contribution < -0.4 is 0 Å². The summed E-state index contributed by atoms with van der Waals surface area (Å²) in [7, 11) is 0. The highest BCUT2D eigenvalue weighted by atomic mass is 16.3. The summed E-state index contributed by atoms with van der Waals surface area (Å²) in [5.74, 6) is 0.400. The molecular weight excluding hydrogens is 176 g/mol. The maximum atomic E-state index is 11.3. The zero-order chi connectivity index (χ0) is 9.97. The van der Waals surface area contributed by atoms with E-state index in [0.717, 1.165) is 12.8 Å². The van der Waals surface area contributed by atoms with Crippen LogP contribution in [0.2, 0.25) is 0 Å². The van der Waals surface area contributed by atoms with E-state index >= 15 is 0 Å². The molecule has 0 radical (unpaired) electrons. The van der Waals surface area contributed by atoms with Gasteiger partial charge in [-0.05, 0) is 19.3 Å². The number of allylic oxidation sites excluding steroid dienone is 3. The third kappa shape index (κ3) is 1.95. The molecule has 0 bridgehead atoms. The molecule has 0 aromatic carbocycles. The van der Waals surface area contributed by atoms with Crippen molar-refractivity contribution in [2.75, 3.05) is 0 Å². The maximum Gasteiger partial charge on any atom is 0.133 e. The van der Waals surface area contributed by atoms with E-state index in [-0.39, 0.29) is 12.0 Å². The van der Waals surface area contributed by atoms with E-state index in [9.17, 15) is 9.90 Å². The second kappa shape index (κ2) is 4.09. The summed E-state index contributed by atoms with van der Waals surface area (Å²) in [4.78, 5) is 11.3. The van der Waals surface area contributed by atoms with Crippen LogP contribution in [-0.4, -0.2) is 17.0 Å². The molecule has 1 fully saturated rings. The minimum absolute atomic E-state index is 0.0983. The van der Waals surface area contributed by atoms with Gasteiger partial charge in [-0.2, -0.15) is 0 Å². The van der Waals surface area contributed by atoms with Gasteiger partial charge in [-0.15, -0.1) is 0 Å². The summed E-state index contributed by atoms with van der Waals surface area (Å²) in [6.45, 7) is 0. The molecule has 0 amide bonds. The molecule has 14 heavy (non-hydrogen) atoms.